The van der Waals surface area contributed by atoms with Crippen LogP contribution in [0.15, 0.2) is 42.5 Å². The minimum Gasteiger partial charge on any atom is -0.497 e. The predicted octanol–water partition coefficient (Wildman–Crippen LogP) is 5.14. The summed E-state index contributed by atoms with van der Waals surface area (Å²) >= 11 is 13.6. The molecule has 0 aromatic heterocycles. The molecule has 0 fully saturated rings. The maximum Gasteiger partial charge on any atom is 0.237 e. The average Bonchev–Trinajstić information content (AvgIpc) is 2.62. The monoisotopic (exact) mass is 399 g/mol. The number of rotatable bonds is 8. The first-order valence-electron chi connectivity index (χ1n) is 7.64. The minimum atomic E-state index is -0.258. The zero-order chi connectivity index (χ0) is 18.2. The first kappa shape index (κ1) is 19.8. The van der Waals surface area contributed by atoms with Crippen LogP contribution in [0.1, 0.15) is 6.92 Å². The van der Waals surface area contributed by atoms with Gasteiger partial charge in [-0.25, -0.2) is 0 Å². The summed E-state index contributed by atoms with van der Waals surface area (Å²) in [7, 11) is 1.62. The van der Waals surface area contributed by atoms with Gasteiger partial charge in [-0.1, -0.05) is 29.3 Å². The van der Waals surface area contributed by atoms with Gasteiger partial charge in [-0.2, -0.15) is 0 Å². The number of thioether (sulfide) groups is 1. The van der Waals surface area contributed by atoms with Crippen molar-refractivity contribution in [1.29, 1.82) is 0 Å². The van der Waals surface area contributed by atoms with Gasteiger partial charge in [0, 0.05) is 5.75 Å². The average molecular weight is 400 g/mol. The Kier molecular flexibility index (Phi) is 7.75. The van der Waals surface area contributed by atoms with Crippen LogP contribution < -0.4 is 14.8 Å². The van der Waals surface area contributed by atoms with Crippen LogP contribution >= 0.6 is 35.0 Å². The molecule has 1 amide bonds. The number of carbonyl (C=O) groups is 1. The first-order chi connectivity index (χ1) is 12.0. The Bertz CT molecular complexity index is 690. The van der Waals surface area contributed by atoms with Crippen LogP contribution in [0.5, 0.6) is 11.5 Å². The minimum absolute atomic E-state index is 0.149. The molecule has 0 aliphatic rings. The number of nitrogens with one attached hydrogen (secondary N) is 1. The first-order valence-corrected chi connectivity index (χ1v) is 9.45. The smallest absolute Gasteiger partial charge is 0.237 e. The second-order valence-corrected chi connectivity index (χ2v) is 7.39. The largest absolute Gasteiger partial charge is 0.497 e. The summed E-state index contributed by atoms with van der Waals surface area (Å²) in [6.07, 6.45) is 0. The maximum atomic E-state index is 12.2. The Hall–Kier alpha value is -1.56. The number of carbonyl (C=O) groups excluding carboxylic acids is 1. The summed E-state index contributed by atoms with van der Waals surface area (Å²) < 4.78 is 10.7. The van der Waals surface area contributed by atoms with E-state index < -0.39 is 0 Å². The highest BCUT2D eigenvalue weighted by Crippen LogP contribution is 2.30. The maximum absolute atomic E-state index is 12.2. The van der Waals surface area contributed by atoms with Gasteiger partial charge in [-0.15, -0.1) is 11.8 Å². The molecule has 4 nitrogen and oxygen atoms in total. The van der Waals surface area contributed by atoms with Gasteiger partial charge < -0.3 is 14.8 Å². The van der Waals surface area contributed by atoms with Crippen molar-refractivity contribution in [3.8, 4) is 11.5 Å². The lowest BCUT2D eigenvalue weighted by atomic mass is 10.3. The fraction of sp³-hybridized carbons (Fsp3) is 0.278. The van der Waals surface area contributed by atoms with Crippen molar-refractivity contribution in [3.05, 3.63) is 52.5 Å². The standard InChI is InChI=1S/C18H19Cl2NO3S/c1-12(18(22)21-17-15(19)4-3-5-16(17)20)25-11-10-24-14-8-6-13(23-2)7-9-14/h3-9,12H,10-11H2,1-2H3,(H,21,22). The van der Waals surface area contributed by atoms with Crippen LogP contribution in [0.25, 0.3) is 0 Å². The van der Waals surface area contributed by atoms with E-state index in [1.165, 1.54) is 11.8 Å². The van der Waals surface area contributed by atoms with Crippen LogP contribution in [0.4, 0.5) is 5.69 Å². The summed E-state index contributed by atoms with van der Waals surface area (Å²) in [4.78, 5) is 12.2. The molecule has 7 heteroatoms. The van der Waals surface area contributed by atoms with Crippen LogP contribution in [-0.4, -0.2) is 30.6 Å². The topological polar surface area (TPSA) is 47.6 Å². The predicted molar refractivity (Wildman–Crippen MR) is 106 cm³/mol. The van der Waals surface area contributed by atoms with Gasteiger partial charge in [0.2, 0.25) is 5.91 Å². The number of amides is 1. The lowest BCUT2D eigenvalue weighted by Crippen LogP contribution is -2.23. The number of ether oxygens (including phenoxy) is 2. The van der Waals surface area contributed by atoms with Crippen molar-refractivity contribution < 1.29 is 14.3 Å². The van der Waals surface area contributed by atoms with E-state index in [-0.39, 0.29) is 11.2 Å². The molecule has 1 N–H and O–H groups in total. The summed E-state index contributed by atoms with van der Waals surface area (Å²) in [5, 5.41) is 3.35. The quantitative estimate of drug-likeness (QED) is 0.624. The molecule has 0 saturated carbocycles. The third kappa shape index (κ3) is 6.03. The highest BCUT2D eigenvalue weighted by molar-refractivity contribution is 8.00. The molecule has 0 saturated heterocycles. The van der Waals surface area contributed by atoms with Gasteiger partial charge in [0.1, 0.15) is 11.5 Å². The van der Waals surface area contributed by atoms with E-state index in [0.29, 0.717) is 28.1 Å². The molecule has 2 aromatic rings. The van der Waals surface area contributed by atoms with Crippen molar-refractivity contribution in [1.82, 2.24) is 0 Å². The molecular weight excluding hydrogens is 381 g/mol. The molecule has 1 unspecified atom stereocenters. The molecule has 2 rings (SSSR count). The molecule has 0 heterocycles. The highest BCUT2D eigenvalue weighted by Gasteiger charge is 2.16. The zero-order valence-electron chi connectivity index (χ0n) is 13.9. The SMILES string of the molecule is COc1ccc(OCCSC(C)C(=O)Nc2c(Cl)cccc2Cl)cc1. The number of hydrogen-bond acceptors (Lipinski definition) is 4. The Labute approximate surface area is 161 Å². The van der Waals surface area contributed by atoms with Crippen LogP contribution in [0.2, 0.25) is 10.0 Å². The molecule has 2 aromatic carbocycles. The fourth-order valence-corrected chi connectivity index (χ4v) is 3.21. The third-order valence-corrected chi connectivity index (χ3v) is 5.11. The number of hydrogen-bond donors (Lipinski definition) is 1. The van der Waals surface area contributed by atoms with Crippen LogP contribution in [0, 0.1) is 0 Å². The lowest BCUT2D eigenvalue weighted by Gasteiger charge is -2.14. The summed E-state index contributed by atoms with van der Waals surface area (Å²) in [5.41, 5.74) is 0.442. The van der Waals surface area contributed by atoms with E-state index in [2.05, 4.69) is 5.32 Å². The van der Waals surface area contributed by atoms with E-state index in [9.17, 15) is 4.79 Å². The van der Waals surface area contributed by atoms with Gasteiger partial charge in [0.05, 0.1) is 34.7 Å². The number of para-hydroxylation sites is 1. The van der Waals surface area contributed by atoms with Crippen molar-refractivity contribution in [2.24, 2.45) is 0 Å². The summed E-state index contributed by atoms with van der Waals surface area (Å²) in [5.74, 6) is 2.08. The third-order valence-electron chi connectivity index (χ3n) is 3.36. The Morgan fingerprint density at radius 3 is 2.32 bits per heavy atom. The van der Waals surface area contributed by atoms with Crippen molar-refractivity contribution in [2.75, 3.05) is 24.8 Å². The zero-order valence-corrected chi connectivity index (χ0v) is 16.3. The number of benzene rings is 2. The van der Waals surface area contributed by atoms with Gasteiger partial charge >= 0.3 is 0 Å². The lowest BCUT2D eigenvalue weighted by molar-refractivity contribution is -0.115. The van der Waals surface area contributed by atoms with Crippen molar-refractivity contribution >= 4 is 46.6 Å². The Morgan fingerprint density at radius 2 is 1.72 bits per heavy atom. The molecule has 25 heavy (non-hydrogen) atoms. The Morgan fingerprint density at radius 1 is 1.12 bits per heavy atom. The molecule has 0 aliphatic carbocycles. The number of anilines is 1. The molecule has 134 valence electrons. The van der Waals surface area contributed by atoms with Crippen molar-refractivity contribution in [2.45, 2.75) is 12.2 Å². The molecule has 0 aliphatic heterocycles. The second kappa shape index (κ2) is 9.80. The van der Waals surface area contributed by atoms with Gasteiger partial charge in [0.25, 0.3) is 0 Å². The highest BCUT2D eigenvalue weighted by atomic mass is 35.5. The molecule has 0 radical (unpaired) electrons. The summed E-state index contributed by atoms with van der Waals surface area (Å²) in [6.45, 7) is 2.33. The van der Waals surface area contributed by atoms with Gasteiger partial charge in [-0.05, 0) is 43.3 Å². The van der Waals surface area contributed by atoms with Crippen LogP contribution in [0.3, 0.4) is 0 Å². The fourth-order valence-electron chi connectivity index (χ4n) is 1.97. The number of methoxy groups -OCH3 is 1. The van der Waals surface area contributed by atoms with E-state index >= 15 is 0 Å². The van der Waals surface area contributed by atoms with Crippen molar-refractivity contribution in [3.63, 3.8) is 0 Å². The summed E-state index contributed by atoms with van der Waals surface area (Å²) in [6, 6.07) is 12.5. The second-order valence-electron chi connectivity index (χ2n) is 5.12. The number of halogens is 2. The van der Waals surface area contributed by atoms with E-state index in [0.717, 1.165) is 11.5 Å². The van der Waals surface area contributed by atoms with Gasteiger partial charge in [0.15, 0.2) is 0 Å². The molecular formula is C18H19Cl2NO3S. The van der Waals surface area contributed by atoms with E-state index in [4.69, 9.17) is 32.7 Å². The molecule has 0 bridgehead atoms. The Balaban J connectivity index is 1.75. The van der Waals surface area contributed by atoms with Gasteiger partial charge in [-0.3, -0.25) is 4.79 Å². The normalized spacial score (nSPS) is 11.7. The van der Waals surface area contributed by atoms with E-state index in [1.54, 1.807) is 25.3 Å². The molecule has 1 atom stereocenters. The van der Waals surface area contributed by atoms with E-state index in [1.807, 2.05) is 31.2 Å². The molecule has 0 spiro atoms. The van der Waals surface area contributed by atoms with Crippen LogP contribution in [-0.2, 0) is 4.79 Å².